The number of hydrogen-bond donors (Lipinski definition) is 1. The van der Waals surface area contributed by atoms with Crippen LogP contribution in [0.3, 0.4) is 0 Å². The topological polar surface area (TPSA) is 102 Å². The van der Waals surface area contributed by atoms with Gasteiger partial charge in [0, 0.05) is 24.7 Å². The predicted molar refractivity (Wildman–Crippen MR) is 140 cm³/mol. The van der Waals surface area contributed by atoms with E-state index in [1.165, 1.54) is 12.1 Å². The monoisotopic (exact) mass is 516 g/mol. The fourth-order valence-electron chi connectivity index (χ4n) is 4.73. The molecule has 0 aliphatic carbocycles. The van der Waals surface area contributed by atoms with Crippen molar-refractivity contribution in [2.24, 2.45) is 5.92 Å². The highest BCUT2D eigenvalue weighted by Crippen LogP contribution is 2.31. The summed E-state index contributed by atoms with van der Waals surface area (Å²) in [5.74, 6) is 1.83. The normalized spacial score (nSPS) is 12.5. The second-order valence-corrected chi connectivity index (χ2v) is 9.57. The Balaban J connectivity index is 1.54. The highest BCUT2D eigenvalue weighted by atomic mass is 19.1. The molecule has 0 saturated carbocycles. The summed E-state index contributed by atoms with van der Waals surface area (Å²) >= 11 is 0. The fourth-order valence-corrected chi connectivity index (χ4v) is 4.73. The zero-order valence-electron chi connectivity index (χ0n) is 21.5. The molecule has 0 bridgehead atoms. The maximum atomic E-state index is 13.7. The van der Waals surface area contributed by atoms with E-state index >= 15 is 0 Å². The molecule has 0 aliphatic heterocycles. The van der Waals surface area contributed by atoms with Crippen molar-refractivity contribution in [1.29, 1.82) is 0 Å². The number of nitrogens with one attached hydrogen (secondary N) is 1. The van der Waals surface area contributed by atoms with Crippen molar-refractivity contribution in [3.63, 3.8) is 0 Å². The van der Waals surface area contributed by atoms with Crippen molar-refractivity contribution < 1.29 is 13.5 Å². The van der Waals surface area contributed by atoms with Crippen LogP contribution in [0.5, 0.6) is 5.75 Å². The van der Waals surface area contributed by atoms with Gasteiger partial charge in [-0.05, 0) is 69.8 Å². The first-order valence-electron chi connectivity index (χ1n) is 12.4. The largest absolute Gasteiger partial charge is 0.497 e. The number of furan rings is 1. The first-order valence-corrected chi connectivity index (χ1v) is 12.4. The van der Waals surface area contributed by atoms with E-state index in [9.17, 15) is 9.18 Å². The van der Waals surface area contributed by atoms with Gasteiger partial charge in [0.2, 0.25) is 0 Å². The molecule has 0 radical (unpaired) electrons. The third-order valence-corrected chi connectivity index (χ3v) is 6.54. The second-order valence-electron chi connectivity index (χ2n) is 9.57. The Labute approximate surface area is 218 Å². The minimum Gasteiger partial charge on any atom is -0.497 e. The molecule has 5 rings (SSSR count). The maximum Gasteiger partial charge on any atom is 0.252 e. The summed E-state index contributed by atoms with van der Waals surface area (Å²) in [4.78, 5) is 18.3. The zero-order valence-corrected chi connectivity index (χ0v) is 21.5. The Hall–Kier alpha value is -4.31. The van der Waals surface area contributed by atoms with E-state index in [-0.39, 0.29) is 23.3 Å². The number of fused-ring (bicyclic) bond motifs is 1. The molecule has 5 aromatic rings. The van der Waals surface area contributed by atoms with E-state index in [1.54, 1.807) is 36.3 Å². The first-order chi connectivity index (χ1) is 18.4. The number of pyridine rings is 1. The van der Waals surface area contributed by atoms with Crippen LogP contribution in [-0.4, -0.2) is 37.2 Å². The molecule has 196 valence electrons. The van der Waals surface area contributed by atoms with Crippen molar-refractivity contribution in [2.75, 3.05) is 7.11 Å². The van der Waals surface area contributed by atoms with E-state index < -0.39 is 0 Å². The number of aromatic amines is 1. The van der Waals surface area contributed by atoms with Crippen molar-refractivity contribution in [3.8, 4) is 5.75 Å². The SMILES string of the molecule is COc1ccc2cc(CN(Cc3ccc(F)cc3)[C@H](c3nnnn3Cc3ccco3)C(C)C)c(=O)[nH]c2c1. The Kier molecular flexibility index (Phi) is 7.32. The average Bonchev–Trinajstić information content (AvgIpc) is 3.58. The van der Waals surface area contributed by atoms with Gasteiger partial charge in [-0.1, -0.05) is 26.0 Å². The lowest BCUT2D eigenvalue weighted by Gasteiger charge is -2.33. The first kappa shape index (κ1) is 25.3. The van der Waals surface area contributed by atoms with Gasteiger partial charge in [-0.2, -0.15) is 0 Å². The van der Waals surface area contributed by atoms with Crippen LogP contribution >= 0.6 is 0 Å². The molecule has 0 unspecified atom stereocenters. The van der Waals surface area contributed by atoms with E-state index in [4.69, 9.17) is 9.15 Å². The van der Waals surface area contributed by atoms with Crippen LogP contribution in [0.2, 0.25) is 0 Å². The van der Waals surface area contributed by atoms with Crippen LogP contribution in [-0.2, 0) is 19.6 Å². The van der Waals surface area contributed by atoms with Gasteiger partial charge in [0.1, 0.15) is 23.9 Å². The lowest BCUT2D eigenvalue weighted by atomic mass is 9.99. The summed E-state index contributed by atoms with van der Waals surface area (Å²) in [6.07, 6.45) is 1.61. The summed E-state index contributed by atoms with van der Waals surface area (Å²) in [6.45, 7) is 5.33. The summed E-state index contributed by atoms with van der Waals surface area (Å²) in [5.41, 5.74) is 2.02. The molecule has 0 fully saturated rings. The minimum atomic E-state index is -0.301. The maximum absolute atomic E-state index is 13.7. The average molecular weight is 517 g/mol. The number of ether oxygens (including phenoxy) is 1. The van der Waals surface area contributed by atoms with E-state index in [0.29, 0.717) is 42.3 Å². The van der Waals surface area contributed by atoms with Gasteiger partial charge in [0.15, 0.2) is 5.82 Å². The second kappa shape index (κ2) is 11.0. The number of H-pyrrole nitrogens is 1. The minimum absolute atomic E-state index is 0.0839. The van der Waals surface area contributed by atoms with E-state index in [0.717, 1.165) is 16.7 Å². The third-order valence-electron chi connectivity index (χ3n) is 6.54. The Morgan fingerprint density at radius 1 is 1.11 bits per heavy atom. The molecule has 0 saturated heterocycles. The number of methoxy groups -OCH3 is 1. The lowest BCUT2D eigenvalue weighted by Crippen LogP contribution is -2.35. The molecule has 0 aliphatic rings. The zero-order chi connectivity index (χ0) is 26.6. The summed E-state index contributed by atoms with van der Waals surface area (Å²) in [7, 11) is 1.59. The smallest absolute Gasteiger partial charge is 0.252 e. The summed E-state index contributed by atoms with van der Waals surface area (Å²) in [5, 5.41) is 13.5. The Morgan fingerprint density at radius 3 is 2.63 bits per heavy atom. The number of nitrogens with zero attached hydrogens (tertiary/aromatic N) is 5. The molecule has 0 amide bonds. The summed E-state index contributed by atoms with van der Waals surface area (Å²) < 4.78 is 26.2. The number of tetrazole rings is 1. The van der Waals surface area contributed by atoms with Gasteiger partial charge in [-0.25, -0.2) is 9.07 Å². The lowest BCUT2D eigenvalue weighted by molar-refractivity contribution is 0.125. The van der Waals surface area contributed by atoms with Crippen LogP contribution < -0.4 is 10.3 Å². The van der Waals surface area contributed by atoms with Gasteiger partial charge in [-0.3, -0.25) is 9.69 Å². The molecule has 1 N–H and O–H groups in total. The third kappa shape index (κ3) is 5.50. The van der Waals surface area contributed by atoms with Crippen LogP contribution in [0.15, 0.2) is 76.1 Å². The van der Waals surface area contributed by atoms with Crippen LogP contribution in [0.1, 0.15) is 42.6 Å². The van der Waals surface area contributed by atoms with Gasteiger partial charge < -0.3 is 14.1 Å². The van der Waals surface area contributed by atoms with Gasteiger partial charge >= 0.3 is 0 Å². The molecule has 3 aromatic heterocycles. The number of halogens is 1. The van der Waals surface area contributed by atoms with Gasteiger partial charge in [0.05, 0.1) is 24.9 Å². The van der Waals surface area contributed by atoms with Crippen molar-refractivity contribution >= 4 is 10.9 Å². The van der Waals surface area contributed by atoms with Crippen molar-refractivity contribution in [1.82, 2.24) is 30.1 Å². The fraction of sp³-hybridized carbons (Fsp3) is 0.286. The van der Waals surface area contributed by atoms with Gasteiger partial charge in [0.25, 0.3) is 5.56 Å². The number of aromatic nitrogens is 5. The van der Waals surface area contributed by atoms with E-state index in [2.05, 4.69) is 39.3 Å². The van der Waals surface area contributed by atoms with Crippen molar-refractivity contribution in [2.45, 2.75) is 39.5 Å². The standard InChI is InChI=1S/C28H29FN6O3/c1-18(2)26(27-31-32-33-35(27)17-24-5-4-12-38-24)34(15-19-6-9-22(29)10-7-19)16-21-13-20-8-11-23(37-3)14-25(20)30-28(21)36/h4-14,18,26H,15-17H2,1-3H3,(H,30,36)/t26-/m0/s1. The summed E-state index contributed by atoms with van der Waals surface area (Å²) in [6, 6.07) is 17.3. The number of rotatable bonds is 10. The molecule has 3 heterocycles. The Morgan fingerprint density at radius 2 is 1.92 bits per heavy atom. The number of hydrogen-bond acceptors (Lipinski definition) is 7. The molecule has 9 nitrogen and oxygen atoms in total. The molecule has 0 spiro atoms. The van der Waals surface area contributed by atoms with Gasteiger partial charge in [-0.15, -0.1) is 5.10 Å². The highest BCUT2D eigenvalue weighted by Gasteiger charge is 2.30. The number of benzene rings is 2. The molecule has 1 atom stereocenters. The van der Waals surface area contributed by atoms with Crippen LogP contribution in [0.4, 0.5) is 4.39 Å². The van der Waals surface area contributed by atoms with Crippen LogP contribution in [0.25, 0.3) is 10.9 Å². The van der Waals surface area contributed by atoms with Crippen molar-refractivity contribution in [3.05, 3.63) is 106 Å². The molecule has 10 heteroatoms. The molecular weight excluding hydrogens is 487 g/mol. The molecule has 38 heavy (non-hydrogen) atoms. The molecular formula is C28H29FN6O3. The predicted octanol–water partition coefficient (Wildman–Crippen LogP) is 4.70. The highest BCUT2D eigenvalue weighted by molar-refractivity contribution is 5.80. The molecule has 2 aromatic carbocycles. The van der Waals surface area contributed by atoms with Crippen LogP contribution in [0, 0.1) is 11.7 Å². The quantitative estimate of drug-likeness (QED) is 0.287. The van der Waals surface area contributed by atoms with E-state index in [1.807, 2.05) is 30.3 Å². The Bertz CT molecular complexity index is 1560.